The summed E-state index contributed by atoms with van der Waals surface area (Å²) >= 11 is 0. The largest absolute Gasteiger partial charge is 0.389 e. The van der Waals surface area contributed by atoms with Gasteiger partial charge < -0.3 is 5.11 Å². The maximum Gasteiger partial charge on any atom is 0.319 e. The van der Waals surface area contributed by atoms with Gasteiger partial charge in [0.15, 0.2) is 11.9 Å². The number of aliphatic hydroxyl groups is 1. The first kappa shape index (κ1) is 17.6. The van der Waals surface area contributed by atoms with Gasteiger partial charge in [0.2, 0.25) is 0 Å². The van der Waals surface area contributed by atoms with Crippen molar-refractivity contribution in [2.24, 2.45) is 7.05 Å². The molecule has 0 amide bonds. The van der Waals surface area contributed by atoms with Gasteiger partial charge in [0.1, 0.15) is 23.9 Å². The molecule has 0 radical (unpaired) electrons. The molecule has 2 aromatic heterocycles. The zero-order chi connectivity index (χ0) is 18.8. The Balaban J connectivity index is 2.13. The highest BCUT2D eigenvalue weighted by atomic mass is 19.1. The highest BCUT2D eigenvalue weighted by Crippen LogP contribution is 2.31. The third-order valence-electron chi connectivity index (χ3n) is 4.04. The summed E-state index contributed by atoms with van der Waals surface area (Å²) in [4.78, 5) is 4.16. The van der Waals surface area contributed by atoms with E-state index in [0.29, 0.717) is 28.1 Å². The second-order valence-corrected chi connectivity index (χ2v) is 5.92. The third kappa shape index (κ3) is 3.43. The van der Waals surface area contributed by atoms with E-state index in [4.69, 9.17) is 5.26 Å². The van der Waals surface area contributed by atoms with Crippen molar-refractivity contribution in [3.05, 3.63) is 65.1 Å². The number of rotatable bonds is 4. The number of nitrogens with zero attached hydrogens (tertiary/aromatic N) is 5. The lowest BCUT2D eigenvalue weighted by Gasteiger charge is -2.14. The van der Waals surface area contributed by atoms with Crippen molar-refractivity contribution in [1.29, 1.82) is 5.26 Å². The molecule has 0 bridgehead atoms. The van der Waals surface area contributed by atoms with Gasteiger partial charge >= 0.3 is 6.19 Å². The normalized spacial score (nSPS) is 12.0. The molecule has 1 atom stereocenters. The Morgan fingerprint density at radius 1 is 1.31 bits per heavy atom. The molecule has 0 fully saturated rings. The average Bonchev–Trinajstić information content (AvgIpc) is 2.95. The summed E-state index contributed by atoms with van der Waals surface area (Å²) in [5.74, 6) is -0.991. The van der Waals surface area contributed by atoms with Crippen LogP contribution in [0.3, 0.4) is 0 Å². The molecule has 0 unspecified atom stereocenters. The van der Waals surface area contributed by atoms with E-state index in [1.807, 2.05) is 6.19 Å². The van der Waals surface area contributed by atoms with E-state index in [0.717, 1.165) is 10.9 Å². The number of aliphatic hydroxyl groups excluding tert-OH is 1. The highest BCUT2D eigenvalue weighted by Gasteiger charge is 2.20. The van der Waals surface area contributed by atoms with Crippen molar-refractivity contribution in [3.63, 3.8) is 0 Å². The Kier molecular flexibility index (Phi) is 4.73. The molecule has 0 aliphatic heterocycles. The SMILES string of the molecule is C[C@@H](O)c1cc(F)ccc1-c1ncc(F)cc1Cc1cn(C#N)n[n+]1C. The Labute approximate surface area is 148 Å². The molecular weight excluding hydrogens is 340 g/mol. The van der Waals surface area contributed by atoms with Crippen LogP contribution in [-0.2, 0) is 13.5 Å². The average molecular weight is 356 g/mol. The second-order valence-electron chi connectivity index (χ2n) is 5.92. The van der Waals surface area contributed by atoms with E-state index in [2.05, 4.69) is 10.2 Å². The number of benzene rings is 1. The molecule has 2 heterocycles. The molecule has 26 heavy (non-hydrogen) atoms. The van der Waals surface area contributed by atoms with Gasteiger partial charge in [-0.25, -0.2) is 8.78 Å². The number of nitriles is 1. The zero-order valence-corrected chi connectivity index (χ0v) is 14.2. The van der Waals surface area contributed by atoms with Crippen LogP contribution >= 0.6 is 0 Å². The first-order valence-electron chi connectivity index (χ1n) is 7.86. The maximum absolute atomic E-state index is 13.8. The first-order valence-corrected chi connectivity index (χ1v) is 7.86. The fourth-order valence-corrected chi connectivity index (χ4v) is 2.81. The van der Waals surface area contributed by atoms with Crippen LogP contribution in [-0.4, -0.2) is 20.0 Å². The topological polar surface area (TPSA) is 78.6 Å². The summed E-state index contributed by atoms with van der Waals surface area (Å²) < 4.78 is 30.0. The van der Waals surface area contributed by atoms with Crippen LogP contribution in [0.4, 0.5) is 8.78 Å². The monoisotopic (exact) mass is 356 g/mol. The van der Waals surface area contributed by atoms with Gasteiger partial charge in [-0.05, 0) is 47.0 Å². The number of pyridine rings is 1. The maximum atomic E-state index is 13.8. The van der Waals surface area contributed by atoms with Crippen LogP contribution in [0.2, 0.25) is 0 Å². The van der Waals surface area contributed by atoms with Gasteiger partial charge in [-0.1, -0.05) is 0 Å². The van der Waals surface area contributed by atoms with Crippen molar-refractivity contribution in [2.75, 3.05) is 0 Å². The first-order chi connectivity index (χ1) is 12.4. The minimum Gasteiger partial charge on any atom is -0.389 e. The summed E-state index contributed by atoms with van der Waals surface area (Å²) in [6, 6.07) is 5.35. The molecule has 0 saturated carbocycles. The molecule has 0 aliphatic carbocycles. The molecule has 8 heteroatoms. The van der Waals surface area contributed by atoms with Crippen molar-refractivity contribution >= 4 is 0 Å². The van der Waals surface area contributed by atoms with Crippen LogP contribution in [0.15, 0.2) is 36.7 Å². The van der Waals surface area contributed by atoms with E-state index in [1.165, 1.54) is 42.1 Å². The zero-order valence-electron chi connectivity index (χ0n) is 14.2. The fraction of sp³-hybridized carbons (Fsp3) is 0.222. The molecule has 0 spiro atoms. The van der Waals surface area contributed by atoms with E-state index < -0.39 is 17.7 Å². The fourth-order valence-electron chi connectivity index (χ4n) is 2.81. The number of hydrogen-bond acceptors (Lipinski definition) is 4. The number of hydrogen-bond donors (Lipinski definition) is 1. The molecule has 3 rings (SSSR count). The third-order valence-corrected chi connectivity index (χ3v) is 4.04. The predicted molar refractivity (Wildman–Crippen MR) is 87.4 cm³/mol. The van der Waals surface area contributed by atoms with Gasteiger partial charge in [-0.3, -0.25) is 4.98 Å². The Morgan fingerprint density at radius 3 is 2.73 bits per heavy atom. The molecule has 0 saturated heterocycles. The lowest BCUT2D eigenvalue weighted by atomic mass is 9.95. The Morgan fingerprint density at radius 2 is 2.08 bits per heavy atom. The van der Waals surface area contributed by atoms with Gasteiger partial charge in [-0.15, -0.1) is 9.94 Å². The number of aromatic nitrogens is 4. The molecule has 1 N–H and O–H groups in total. The van der Waals surface area contributed by atoms with Crippen LogP contribution in [0.5, 0.6) is 0 Å². The summed E-state index contributed by atoms with van der Waals surface area (Å²) in [5.41, 5.74) is 2.52. The Bertz CT molecular complexity index is 1010. The standard InChI is InChI=1S/C18H16F2N5O/c1-11(26)17-7-13(19)3-4-16(17)18-12(5-14(20)8-22-18)6-15-9-25(10-21)23-24(15)2/h3-5,7-9,11,26H,6H2,1-2H3/q+1/t11-/m1/s1. The predicted octanol–water partition coefficient (Wildman–Crippen LogP) is 2.02. The van der Waals surface area contributed by atoms with Crippen LogP contribution < -0.4 is 4.68 Å². The summed E-state index contributed by atoms with van der Waals surface area (Å²) in [6.45, 7) is 1.53. The molecular formula is C18H16F2N5O+. The van der Waals surface area contributed by atoms with Crippen LogP contribution in [0.1, 0.15) is 29.8 Å². The molecule has 3 aromatic rings. The quantitative estimate of drug-likeness (QED) is 0.726. The smallest absolute Gasteiger partial charge is 0.319 e. The second kappa shape index (κ2) is 6.98. The van der Waals surface area contributed by atoms with E-state index in [1.54, 1.807) is 7.05 Å². The van der Waals surface area contributed by atoms with Crippen LogP contribution in [0, 0.1) is 23.1 Å². The highest BCUT2D eigenvalue weighted by molar-refractivity contribution is 5.67. The van der Waals surface area contributed by atoms with Crippen molar-refractivity contribution in [2.45, 2.75) is 19.4 Å². The molecule has 1 aromatic carbocycles. The number of aryl methyl sites for hydroxylation is 1. The summed E-state index contributed by atoms with van der Waals surface area (Å²) in [6.07, 6.45) is 3.84. The van der Waals surface area contributed by atoms with Gasteiger partial charge in [0, 0.05) is 12.0 Å². The van der Waals surface area contributed by atoms with E-state index >= 15 is 0 Å². The number of halogens is 2. The van der Waals surface area contributed by atoms with Crippen molar-refractivity contribution in [3.8, 4) is 17.5 Å². The Hall–Kier alpha value is -3.18. The lowest BCUT2D eigenvalue weighted by molar-refractivity contribution is -0.737. The van der Waals surface area contributed by atoms with Gasteiger partial charge in [-0.2, -0.15) is 0 Å². The van der Waals surface area contributed by atoms with Gasteiger partial charge in [0.05, 0.1) is 18.0 Å². The van der Waals surface area contributed by atoms with Gasteiger partial charge in [0.25, 0.3) is 0 Å². The van der Waals surface area contributed by atoms with Crippen molar-refractivity contribution < 1.29 is 18.6 Å². The summed E-state index contributed by atoms with van der Waals surface area (Å²) in [7, 11) is 1.68. The van der Waals surface area contributed by atoms with Crippen LogP contribution in [0.25, 0.3) is 11.3 Å². The summed E-state index contributed by atoms with van der Waals surface area (Å²) in [5, 5.41) is 22.9. The van der Waals surface area contributed by atoms with Crippen molar-refractivity contribution in [1.82, 2.24) is 14.9 Å². The molecule has 0 aliphatic rings. The minimum atomic E-state index is -0.919. The molecule has 132 valence electrons. The minimum absolute atomic E-state index is 0.259. The van der Waals surface area contributed by atoms with E-state index in [9.17, 15) is 13.9 Å². The molecule has 6 nitrogen and oxygen atoms in total. The lowest BCUT2D eigenvalue weighted by Crippen LogP contribution is -2.35. The van der Waals surface area contributed by atoms with E-state index in [-0.39, 0.29) is 6.42 Å².